The molecule has 0 atom stereocenters. The third-order valence-corrected chi connectivity index (χ3v) is 5.27. The fraction of sp³-hybridized carbons (Fsp3) is 0.526. The standard InChI is InChI=1S/C19H25N3O4/c1-21(12-14-8-4-5-9-15(14)26-2)16(23)13-22-17(24)19(20-18(22)25)10-6-3-7-11-19/h4-5,8-9H,3,6-7,10-13H2,1-2H3,(H,20,25). The number of nitrogens with zero attached hydrogens (tertiary/aromatic N) is 2. The number of nitrogens with one attached hydrogen (secondary N) is 1. The molecule has 1 spiro atoms. The van der Waals surface area contributed by atoms with Gasteiger partial charge in [-0.2, -0.15) is 0 Å². The van der Waals surface area contributed by atoms with E-state index in [0.29, 0.717) is 25.1 Å². The van der Waals surface area contributed by atoms with Crippen LogP contribution in [0.1, 0.15) is 37.7 Å². The predicted molar refractivity (Wildman–Crippen MR) is 95.5 cm³/mol. The van der Waals surface area contributed by atoms with Gasteiger partial charge in [-0.25, -0.2) is 4.79 Å². The van der Waals surface area contributed by atoms with Crippen molar-refractivity contribution in [2.24, 2.45) is 0 Å². The summed E-state index contributed by atoms with van der Waals surface area (Å²) < 4.78 is 5.30. The summed E-state index contributed by atoms with van der Waals surface area (Å²) in [5.41, 5.74) is 0.0726. The van der Waals surface area contributed by atoms with Crippen LogP contribution in [0.25, 0.3) is 0 Å². The quantitative estimate of drug-likeness (QED) is 0.815. The zero-order valence-electron chi connectivity index (χ0n) is 15.3. The van der Waals surface area contributed by atoms with E-state index < -0.39 is 11.6 Å². The molecule has 7 heteroatoms. The molecule has 26 heavy (non-hydrogen) atoms. The van der Waals surface area contributed by atoms with E-state index in [0.717, 1.165) is 29.7 Å². The van der Waals surface area contributed by atoms with Gasteiger partial charge in [0.15, 0.2) is 0 Å². The fourth-order valence-electron chi connectivity index (χ4n) is 3.75. The second kappa shape index (κ2) is 7.35. The number of likely N-dealkylation sites (N-methyl/N-ethyl adjacent to an activating group) is 1. The number of hydrogen-bond donors (Lipinski definition) is 1. The van der Waals surface area contributed by atoms with Crippen LogP contribution in [-0.4, -0.2) is 53.9 Å². The predicted octanol–water partition coefficient (Wildman–Crippen LogP) is 1.91. The van der Waals surface area contributed by atoms with Gasteiger partial charge in [0, 0.05) is 19.2 Å². The van der Waals surface area contributed by atoms with Gasteiger partial charge in [0.2, 0.25) is 5.91 Å². The Morgan fingerprint density at radius 3 is 2.62 bits per heavy atom. The van der Waals surface area contributed by atoms with Crippen LogP contribution in [0.2, 0.25) is 0 Å². The number of para-hydroxylation sites is 1. The zero-order chi connectivity index (χ0) is 18.7. The molecular weight excluding hydrogens is 334 g/mol. The highest BCUT2D eigenvalue weighted by Gasteiger charge is 2.51. The van der Waals surface area contributed by atoms with E-state index in [1.807, 2.05) is 24.3 Å². The van der Waals surface area contributed by atoms with Crippen LogP contribution < -0.4 is 10.1 Å². The van der Waals surface area contributed by atoms with E-state index >= 15 is 0 Å². The van der Waals surface area contributed by atoms with Crippen molar-refractivity contribution in [2.45, 2.75) is 44.2 Å². The largest absolute Gasteiger partial charge is 0.496 e. The SMILES string of the molecule is COc1ccccc1CN(C)C(=O)CN1C(=O)NC2(CCCCC2)C1=O. The molecule has 1 aromatic rings. The molecule has 3 rings (SSSR count). The van der Waals surface area contributed by atoms with Gasteiger partial charge >= 0.3 is 6.03 Å². The van der Waals surface area contributed by atoms with Crippen molar-refractivity contribution in [3.63, 3.8) is 0 Å². The first-order valence-corrected chi connectivity index (χ1v) is 8.97. The summed E-state index contributed by atoms with van der Waals surface area (Å²) in [6, 6.07) is 6.99. The molecule has 1 N–H and O–H groups in total. The maximum atomic E-state index is 12.8. The molecule has 1 saturated carbocycles. The number of ether oxygens (including phenoxy) is 1. The molecule has 0 unspecified atom stereocenters. The Bertz CT molecular complexity index is 712. The van der Waals surface area contributed by atoms with Crippen LogP contribution >= 0.6 is 0 Å². The number of carbonyl (C=O) groups excluding carboxylic acids is 3. The molecule has 1 heterocycles. The normalized spacial score (nSPS) is 18.8. The lowest BCUT2D eigenvalue weighted by molar-refractivity contribution is -0.139. The number of methoxy groups -OCH3 is 1. The molecular formula is C19H25N3O4. The number of amides is 4. The van der Waals surface area contributed by atoms with Crippen LogP contribution in [0.15, 0.2) is 24.3 Å². The average molecular weight is 359 g/mol. The molecule has 2 fully saturated rings. The average Bonchev–Trinajstić information content (AvgIpc) is 2.86. The van der Waals surface area contributed by atoms with Crippen LogP contribution in [0.5, 0.6) is 5.75 Å². The lowest BCUT2D eigenvalue weighted by Crippen LogP contribution is -2.49. The zero-order valence-corrected chi connectivity index (χ0v) is 15.3. The van der Waals surface area contributed by atoms with E-state index in [1.165, 1.54) is 4.90 Å². The van der Waals surface area contributed by atoms with Crippen LogP contribution in [0.4, 0.5) is 4.79 Å². The van der Waals surface area contributed by atoms with Gasteiger partial charge in [-0.15, -0.1) is 0 Å². The lowest BCUT2D eigenvalue weighted by Gasteiger charge is -2.30. The molecule has 0 bridgehead atoms. The summed E-state index contributed by atoms with van der Waals surface area (Å²) >= 11 is 0. The van der Waals surface area contributed by atoms with Gasteiger partial charge in [-0.3, -0.25) is 14.5 Å². The summed E-state index contributed by atoms with van der Waals surface area (Å²) in [5, 5.41) is 2.83. The second-order valence-electron chi connectivity index (χ2n) is 7.03. The minimum Gasteiger partial charge on any atom is -0.496 e. The summed E-state index contributed by atoms with van der Waals surface area (Å²) in [5.74, 6) is 0.150. The molecule has 1 aliphatic carbocycles. The van der Waals surface area contributed by atoms with Gasteiger partial charge in [0.25, 0.3) is 5.91 Å². The molecule has 4 amide bonds. The minimum atomic E-state index is -0.795. The Morgan fingerprint density at radius 2 is 1.92 bits per heavy atom. The maximum absolute atomic E-state index is 12.8. The number of hydrogen-bond acceptors (Lipinski definition) is 4. The van der Waals surface area contributed by atoms with E-state index in [4.69, 9.17) is 4.74 Å². The van der Waals surface area contributed by atoms with Crippen LogP contribution in [0, 0.1) is 0 Å². The summed E-state index contributed by atoms with van der Waals surface area (Å²) in [4.78, 5) is 40.2. The highest BCUT2D eigenvalue weighted by Crippen LogP contribution is 2.33. The van der Waals surface area contributed by atoms with Crippen molar-refractivity contribution in [3.8, 4) is 5.75 Å². The minimum absolute atomic E-state index is 0.238. The summed E-state index contributed by atoms with van der Waals surface area (Å²) in [7, 11) is 3.24. The highest BCUT2D eigenvalue weighted by molar-refractivity contribution is 6.09. The van der Waals surface area contributed by atoms with Crippen molar-refractivity contribution in [2.75, 3.05) is 20.7 Å². The molecule has 1 aromatic carbocycles. The number of rotatable bonds is 5. The number of urea groups is 1. The van der Waals surface area contributed by atoms with Crippen molar-refractivity contribution in [3.05, 3.63) is 29.8 Å². The fourth-order valence-corrected chi connectivity index (χ4v) is 3.75. The van der Waals surface area contributed by atoms with Gasteiger partial charge in [-0.1, -0.05) is 37.5 Å². The Morgan fingerprint density at radius 1 is 1.23 bits per heavy atom. The number of benzene rings is 1. The Balaban J connectivity index is 1.65. The third-order valence-electron chi connectivity index (χ3n) is 5.27. The second-order valence-corrected chi connectivity index (χ2v) is 7.03. The molecule has 1 aliphatic heterocycles. The first-order chi connectivity index (χ1) is 12.5. The molecule has 7 nitrogen and oxygen atoms in total. The van der Waals surface area contributed by atoms with Gasteiger partial charge in [0.05, 0.1) is 7.11 Å². The monoisotopic (exact) mass is 359 g/mol. The molecule has 140 valence electrons. The van der Waals surface area contributed by atoms with Crippen molar-refractivity contribution < 1.29 is 19.1 Å². The number of carbonyl (C=O) groups is 3. The molecule has 0 aromatic heterocycles. The van der Waals surface area contributed by atoms with Crippen LogP contribution in [-0.2, 0) is 16.1 Å². The molecule has 2 aliphatic rings. The van der Waals surface area contributed by atoms with Gasteiger partial charge < -0.3 is 15.0 Å². The lowest BCUT2D eigenvalue weighted by atomic mass is 9.82. The first-order valence-electron chi connectivity index (χ1n) is 8.97. The van der Waals surface area contributed by atoms with E-state index in [9.17, 15) is 14.4 Å². The van der Waals surface area contributed by atoms with Crippen molar-refractivity contribution >= 4 is 17.8 Å². The molecule has 1 saturated heterocycles. The van der Waals surface area contributed by atoms with Crippen molar-refractivity contribution in [1.82, 2.24) is 15.1 Å². The first kappa shape index (κ1) is 18.2. The summed E-state index contributed by atoms with van der Waals surface area (Å²) in [6.45, 7) is 0.107. The smallest absolute Gasteiger partial charge is 0.325 e. The summed E-state index contributed by atoms with van der Waals surface area (Å²) in [6.07, 6.45) is 4.22. The van der Waals surface area contributed by atoms with Crippen molar-refractivity contribution in [1.29, 1.82) is 0 Å². The Hall–Kier alpha value is -2.57. The van der Waals surface area contributed by atoms with Gasteiger partial charge in [0.1, 0.15) is 17.8 Å². The van der Waals surface area contributed by atoms with E-state index in [-0.39, 0.29) is 18.4 Å². The van der Waals surface area contributed by atoms with E-state index in [2.05, 4.69) is 5.32 Å². The van der Waals surface area contributed by atoms with Gasteiger partial charge in [-0.05, 0) is 18.9 Å². The topological polar surface area (TPSA) is 79.0 Å². The maximum Gasteiger partial charge on any atom is 0.325 e. The number of imide groups is 1. The highest BCUT2D eigenvalue weighted by atomic mass is 16.5. The van der Waals surface area contributed by atoms with Crippen LogP contribution in [0.3, 0.4) is 0 Å². The van der Waals surface area contributed by atoms with E-state index in [1.54, 1.807) is 14.2 Å². The third kappa shape index (κ3) is 3.38. The Labute approximate surface area is 153 Å². The Kier molecular flexibility index (Phi) is 5.15. The molecule has 0 radical (unpaired) electrons.